The zero-order chi connectivity index (χ0) is 11.3. The van der Waals surface area contributed by atoms with Gasteiger partial charge in [0, 0.05) is 31.8 Å². The SMILES string of the molecule is CCOCCC(=O)N1CC(C)NC(C)C1. The van der Waals surface area contributed by atoms with Gasteiger partial charge in [-0.3, -0.25) is 4.79 Å². The summed E-state index contributed by atoms with van der Waals surface area (Å²) < 4.78 is 5.19. The molecule has 1 aliphatic heterocycles. The first-order valence-electron chi connectivity index (χ1n) is 5.75. The van der Waals surface area contributed by atoms with Gasteiger partial charge in [-0.05, 0) is 20.8 Å². The Kier molecular flexibility index (Phi) is 5.05. The summed E-state index contributed by atoms with van der Waals surface area (Å²) in [5.74, 6) is 0.212. The van der Waals surface area contributed by atoms with Gasteiger partial charge in [0.05, 0.1) is 13.0 Å². The zero-order valence-electron chi connectivity index (χ0n) is 9.95. The molecule has 1 amide bonds. The quantitative estimate of drug-likeness (QED) is 0.698. The number of nitrogens with one attached hydrogen (secondary N) is 1. The monoisotopic (exact) mass is 214 g/mol. The maximum absolute atomic E-state index is 11.8. The Morgan fingerprint density at radius 1 is 1.40 bits per heavy atom. The lowest BCUT2D eigenvalue weighted by Crippen LogP contribution is -2.55. The average Bonchev–Trinajstić information content (AvgIpc) is 2.16. The van der Waals surface area contributed by atoms with E-state index in [0.717, 1.165) is 13.1 Å². The molecule has 1 saturated heterocycles. The van der Waals surface area contributed by atoms with Gasteiger partial charge in [0.25, 0.3) is 0 Å². The summed E-state index contributed by atoms with van der Waals surface area (Å²) in [6.07, 6.45) is 0.507. The third kappa shape index (κ3) is 4.18. The van der Waals surface area contributed by atoms with Gasteiger partial charge in [-0.15, -0.1) is 0 Å². The maximum Gasteiger partial charge on any atom is 0.224 e. The second-order valence-corrected chi connectivity index (χ2v) is 4.21. The molecule has 88 valence electrons. The minimum absolute atomic E-state index is 0.212. The largest absolute Gasteiger partial charge is 0.381 e. The van der Waals surface area contributed by atoms with Crippen LogP contribution in [0, 0.1) is 0 Å². The van der Waals surface area contributed by atoms with E-state index in [4.69, 9.17) is 4.74 Å². The summed E-state index contributed by atoms with van der Waals surface area (Å²) in [6, 6.07) is 0.787. The van der Waals surface area contributed by atoms with Crippen molar-refractivity contribution in [2.45, 2.75) is 39.3 Å². The molecule has 15 heavy (non-hydrogen) atoms. The number of ether oxygens (including phenoxy) is 1. The second kappa shape index (κ2) is 6.08. The maximum atomic E-state index is 11.8. The molecule has 1 N–H and O–H groups in total. The van der Waals surface area contributed by atoms with Crippen molar-refractivity contribution in [1.82, 2.24) is 10.2 Å². The molecular weight excluding hydrogens is 192 g/mol. The van der Waals surface area contributed by atoms with Gasteiger partial charge >= 0.3 is 0 Å². The fraction of sp³-hybridized carbons (Fsp3) is 0.909. The van der Waals surface area contributed by atoms with Crippen LogP contribution in [0.3, 0.4) is 0 Å². The van der Waals surface area contributed by atoms with Crippen molar-refractivity contribution in [1.29, 1.82) is 0 Å². The number of hydrogen-bond acceptors (Lipinski definition) is 3. The number of nitrogens with zero attached hydrogens (tertiary/aromatic N) is 1. The van der Waals surface area contributed by atoms with Crippen molar-refractivity contribution in [2.75, 3.05) is 26.3 Å². The molecule has 0 aliphatic carbocycles. The van der Waals surface area contributed by atoms with Crippen LogP contribution in [0.1, 0.15) is 27.2 Å². The van der Waals surface area contributed by atoms with Crippen molar-refractivity contribution >= 4 is 5.91 Å². The molecule has 0 radical (unpaired) electrons. The number of amides is 1. The van der Waals surface area contributed by atoms with Crippen molar-refractivity contribution in [3.63, 3.8) is 0 Å². The van der Waals surface area contributed by atoms with Gasteiger partial charge in [-0.1, -0.05) is 0 Å². The molecule has 0 aromatic carbocycles. The van der Waals surface area contributed by atoms with E-state index in [9.17, 15) is 4.79 Å². The van der Waals surface area contributed by atoms with Crippen molar-refractivity contribution < 1.29 is 9.53 Å². The summed E-state index contributed by atoms with van der Waals surface area (Å²) in [5.41, 5.74) is 0. The van der Waals surface area contributed by atoms with Gasteiger partial charge < -0.3 is 15.0 Å². The lowest BCUT2D eigenvalue weighted by molar-refractivity contribution is -0.134. The highest BCUT2D eigenvalue weighted by Gasteiger charge is 2.24. The van der Waals surface area contributed by atoms with E-state index in [2.05, 4.69) is 19.2 Å². The Hall–Kier alpha value is -0.610. The highest BCUT2D eigenvalue weighted by atomic mass is 16.5. The Bertz CT molecular complexity index is 199. The number of carbonyl (C=O) groups is 1. The normalized spacial score (nSPS) is 26.7. The molecule has 0 bridgehead atoms. The Labute approximate surface area is 92.0 Å². The minimum atomic E-state index is 0.212. The second-order valence-electron chi connectivity index (χ2n) is 4.21. The van der Waals surface area contributed by atoms with Crippen LogP contribution in [0.15, 0.2) is 0 Å². The summed E-state index contributed by atoms with van der Waals surface area (Å²) >= 11 is 0. The first kappa shape index (κ1) is 12.5. The lowest BCUT2D eigenvalue weighted by Gasteiger charge is -2.36. The van der Waals surface area contributed by atoms with E-state index in [0.29, 0.717) is 31.7 Å². The molecule has 2 atom stereocenters. The molecule has 4 nitrogen and oxygen atoms in total. The molecule has 4 heteroatoms. The van der Waals surface area contributed by atoms with E-state index in [-0.39, 0.29) is 5.91 Å². The van der Waals surface area contributed by atoms with Gasteiger partial charge in [-0.2, -0.15) is 0 Å². The molecule has 1 heterocycles. The zero-order valence-corrected chi connectivity index (χ0v) is 9.95. The first-order valence-corrected chi connectivity index (χ1v) is 5.75. The van der Waals surface area contributed by atoms with Gasteiger partial charge in [0.15, 0.2) is 0 Å². The first-order chi connectivity index (χ1) is 7.13. The highest BCUT2D eigenvalue weighted by Crippen LogP contribution is 2.05. The average molecular weight is 214 g/mol. The Morgan fingerprint density at radius 2 is 2.00 bits per heavy atom. The number of hydrogen-bond donors (Lipinski definition) is 1. The van der Waals surface area contributed by atoms with Crippen LogP contribution in [-0.4, -0.2) is 49.2 Å². The fourth-order valence-electron chi connectivity index (χ4n) is 1.99. The minimum Gasteiger partial charge on any atom is -0.381 e. The summed E-state index contributed by atoms with van der Waals surface area (Å²) in [7, 11) is 0. The number of carbonyl (C=O) groups excluding carboxylic acids is 1. The third-order valence-corrected chi connectivity index (χ3v) is 2.57. The Balaban J connectivity index is 2.31. The molecule has 1 aliphatic rings. The van der Waals surface area contributed by atoms with Crippen molar-refractivity contribution in [2.24, 2.45) is 0 Å². The van der Waals surface area contributed by atoms with Crippen LogP contribution in [0.2, 0.25) is 0 Å². The molecule has 1 fully saturated rings. The number of rotatable bonds is 4. The van der Waals surface area contributed by atoms with Crippen LogP contribution >= 0.6 is 0 Å². The van der Waals surface area contributed by atoms with Crippen LogP contribution in [0.4, 0.5) is 0 Å². The molecule has 0 aromatic heterocycles. The summed E-state index contributed by atoms with van der Waals surface area (Å²) in [4.78, 5) is 13.7. The molecule has 2 unspecified atom stereocenters. The predicted octanol–water partition coefficient (Wildman–Crippen LogP) is 0.622. The van der Waals surface area contributed by atoms with E-state index in [1.54, 1.807) is 0 Å². The van der Waals surface area contributed by atoms with Gasteiger partial charge in [0.1, 0.15) is 0 Å². The van der Waals surface area contributed by atoms with Crippen LogP contribution in [0.5, 0.6) is 0 Å². The van der Waals surface area contributed by atoms with Crippen LogP contribution in [-0.2, 0) is 9.53 Å². The van der Waals surface area contributed by atoms with Gasteiger partial charge in [-0.25, -0.2) is 0 Å². The van der Waals surface area contributed by atoms with Crippen LogP contribution in [0.25, 0.3) is 0 Å². The van der Waals surface area contributed by atoms with E-state index >= 15 is 0 Å². The molecule has 1 rings (SSSR count). The predicted molar refractivity (Wildman–Crippen MR) is 59.7 cm³/mol. The van der Waals surface area contributed by atoms with E-state index in [1.165, 1.54) is 0 Å². The van der Waals surface area contributed by atoms with E-state index < -0.39 is 0 Å². The third-order valence-electron chi connectivity index (χ3n) is 2.57. The molecule has 0 aromatic rings. The van der Waals surface area contributed by atoms with Crippen LogP contribution < -0.4 is 5.32 Å². The summed E-state index contributed by atoms with van der Waals surface area (Å²) in [6.45, 7) is 9.02. The fourth-order valence-corrected chi connectivity index (χ4v) is 1.99. The smallest absolute Gasteiger partial charge is 0.224 e. The summed E-state index contributed by atoms with van der Waals surface area (Å²) in [5, 5.41) is 3.41. The molecule has 0 spiro atoms. The standard InChI is InChI=1S/C11H22N2O2/c1-4-15-6-5-11(14)13-7-9(2)12-10(3)8-13/h9-10,12H,4-8H2,1-3H3. The van der Waals surface area contributed by atoms with Crippen molar-refractivity contribution in [3.8, 4) is 0 Å². The van der Waals surface area contributed by atoms with Gasteiger partial charge in [0.2, 0.25) is 5.91 Å². The highest BCUT2D eigenvalue weighted by molar-refractivity contribution is 5.76. The number of piperazine rings is 1. The van der Waals surface area contributed by atoms with Crippen molar-refractivity contribution in [3.05, 3.63) is 0 Å². The molecule has 0 saturated carbocycles. The topological polar surface area (TPSA) is 41.6 Å². The Morgan fingerprint density at radius 3 is 2.53 bits per heavy atom. The van der Waals surface area contributed by atoms with E-state index in [1.807, 2.05) is 11.8 Å². The molecular formula is C11H22N2O2. The lowest BCUT2D eigenvalue weighted by atomic mass is 10.1.